The van der Waals surface area contributed by atoms with Gasteiger partial charge in [-0.3, -0.25) is 0 Å². The van der Waals surface area contributed by atoms with Gasteiger partial charge in [-0.1, -0.05) is 43.2 Å². The van der Waals surface area contributed by atoms with Gasteiger partial charge < -0.3 is 5.32 Å². The maximum absolute atomic E-state index is 3.58. The molecule has 20 heavy (non-hydrogen) atoms. The fraction of sp³-hybridized carbons (Fsp3) is 0.667. The maximum atomic E-state index is 3.58. The van der Waals surface area contributed by atoms with Crippen LogP contribution in [0.5, 0.6) is 0 Å². The van der Waals surface area contributed by atoms with E-state index in [1.54, 1.807) is 5.56 Å². The van der Waals surface area contributed by atoms with Crippen LogP contribution in [0.15, 0.2) is 30.3 Å². The molecule has 3 rings (SSSR count). The Hall–Kier alpha value is -0.470. The Kier molecular flexibility index (Phi) is 5.06. The molecule has 3 atom stereocenters. The van der Waals surface area contributed by atoms with E-state index in [4.69, 9.17) is 0 Å². The molecule has 0 aliphatic heterocycles. The van der Waals surface area contributed by atoms with Gasteiger partial charge in [-0.15, -0.1) is 0 Å². The summed E-state index contributed by atoms with van der Waals surface area (Å²) in [6.45, 7) is 0. The zero-order chi connectivity index (χ0) is 13.8. The maximum Gasteiger partial charge on any atom is 0.0209 e. The molecule has 110 valence electrons. The molecular weight excluding hydrogens is 262 g/mol. The molecule has 0 saturated heterocycles. The van der Waals surface area contributed by atoms with Gasteiger partial charge in [0.15, 0.2) is 0 Å². The van der Waals surface area contributed by atoms with Crippen LogP contribution in [-0.2, 0) is 0 Å². The molecule has 2 fully saturated rings. The quantitative estimate of drug-likeness (QED) is 0.870. The highest BCUT2D eigenvalue weighted by Crippen LogP contribution is 2.42. The smallest absolute Gasteiger partial charge is 0.0209 e. The molecule has 0 radical (unpaired) electrons. The first-order valence-corrected chi connectivity index (χ1v) is 9.19. The molecule has 2 heteroatoms. The molecule has 0 amide bonds. The fourth-order valence-electron chi connectivity index (χ4n) is 3.91. The van der Waals surface area contributed by atoms with Crippen LogP contribution >= 0.6 is 11.8 Å². The van der Waals surface area contributed by atoms with Gasteiger partial charge in [0.05, 0.1) is 0 Å². The van der Waals surface area contributed by atoms with Crippen molar-refractivity contribution in [2.75, 3.05) is 7.05 Å². The first kappa shape index (κ1) is 14.5. The fourth-order valence-corrected chi connectivity index (χ4v) is 5.81. The lowest BCUT2D eigenvalue weighted by Gasteiger charge is -2.37. The zero-order valence-corrected chi connectivity index (χ0v) is 13.4. The van der Waals surface area contributed by atoms with Crippen LogP contribution in [0.2, 0.25) is 0 Å². The highest BCUT2D eigenvalue weighted by atomic mass is 32.2. The molecular formula is C18H27NS. The van der Waals surface area contributed by atoms with Crippen LogP contribution in [0.3, 0.4) is 0 Å². The van der Waals surface area contributed by atoms with E-state index in [2.05, 4.69) is 54.5 Å². The van der Waals surface area contributed by atoms with Crippen LogP contribution in [-0.4, -0.2) is 23.6 Å². The summed E-state index contributed by atoms with van der Waals surface area (Å²) in [5.74, 6) is 0.778. The molecule has 1 N–H and O–H groups in total. The second-order valence-corrected chi connectivity index (χ2v) is 7.94. The summed E-state index contributed by atoms with van der Waals surface area (Å²) in [5.41, 5.74) is 1.55. The molecule has 1 nitrogen and oxygen atoms in total. The molecule has 0 bridgehead atoms. The summed E-state index contributed by atoms with van der Waals surface area (Å²) in [6, 6.07) is 11.9. The van der Waals surface area contributed by atoms with E-state index in [0.717, 1.165) is 22.5 Å². The summed E-state index contributed by atoms with van der Waals surface area (Å²) in [5, 5.41) is 5.32. The number of benzene rings is 1. The minimum absolute atomic E-state index is 0.723. The third-order valence-electron chi connectivity index (χ3n) is 5.10. The first-order chi connectivity index (χ1) is 9.86. The average molecular weight is 289 g/mol. The van der Waals surface area contributed by atoms with Crippen LogP contribution < -0.4 is 5.32 Å². The number of hydrogen-bond donors (Lipinski definition) is 1. The summed E-state index contributed by atoms with van der Waals surface area (Å²) in [7, 11) is 2.15. The average Bonchev–Trinajstić information content (AvgIpc) is 3.01. The molecule has 3 unspecified atom stereocenters. The van der Waals surface area contributed by atoms with Gasteiger partial charge in [-0.05, 0) is 50.6 Å². The van der Waals surface area contributed by atoms with Crippen LogP contribution in [0.4, 0.5) is 0 Å². The Morgan fingerprint density at radius 2 is 1.75 bits per heavy atom. The SMILES string of the molecule is CNC1CCC(c2ccccc2)CC1SC1CCCC1. The van der Waals surface area contributed by atoms with Gasteiger partial charge in [0.1, 0.15) is 0 Å². The van der Waals surface area contributed by atoms with Crippen molar-refractivity contribution in [2.24, 2.45) is 0 Å². The standard InChI is InChI=1S/C18H27NS/c1-19-17-12-11-15(14-7-3-2-4-8-14)13-18(17)20-16-9-5-6-10-16/h2-4,7-8,15-19H,5-6,9-13H2,1H3. The minimum atomic E-state index is 0.723. The van der Waals surface area contributed by atoms with Crippen molar-refractivity contribution in [3.05, 3.63) is 35.9 Å². The first-order valence-electron chi connectivity index (χ1n) is 8.24. The summed E-state index contributed by atoms with van der Waals surface area (Å²) >= 11 is 2.30. The number of thioether (sulfide) groups is 1. The lowest BCUT2D eigenvalue weighted by Crippen LogP contribution is -2.41. The second kappa shape index (κ2) is 7.00. The number of nitrogens with one attached hydrogen (secondary N) is 1. The Bertz CT molecular complexity index is 399. The van der Waals surface area contributed by atoms with Gasteiger partial charge in [0, 0.05) is 16.5 Å². The normalized spacial score (nSPS) is 31.6. The van der Waals surface area contributed by atoms with Gasteiger partial charge in [-0.2, -0.15) is 11.8 Å². The second-order valence-electron chi connectivity index (χ2n) is 6.40. The van der Waals surface area contributed by atoms with Crippen LogP contribution in [0.25, 0.3) is 0 Å². The Balaban J connectivity index is 1.65. The van der Waals surface area contributed by atoms with Gasteiger partial charge in [-0.25, -0.2) is 0 Å². The van der Waals surface area contributed by atoms with Crippen molar-refractivity contribution < 1.29 is 0 Å². The van der Waals surface area contributed by atoms with Gasteiger partial charge >= 0.3 is 0 Å². The van der Waals surface area contributed by atoms with E-state index in [0.29, 0.717) is 0 Å². The van der Waals surface area contributed by atoms with E-state index in [1.807, 2.05) is 0 Å². The van der Waals surface area contributed by atoms with Crippen LogP contribution in [0.1, 0.15) is 56.4 Å². The van der Waals surface area contributed by atoms with E-state index in [1.165, 1.54) is 44.9 Å². The monoisotopic (exact) mass is 289 g/mol. The molecule has 2 aliphatic rings. The molecule has 0 spiro atoms. The Labute approximate surface area is 127 Å². The summed E-state index contributed by atoms with van der Waals surface area (Å²) < 4.78 is 0. The Morgan fingerprint density at radius 1 is 1.00 bits per heavy atom. The number of hydrogen-bond acceptors (Lipinski definition) is 2. The molecule has 2 saturated carbocycles. The molecule has 1 aromatic rings. The number of rotatable bonds is 4. The minimum Gasteiger partial charge on any atom is -0.316 e. The van der Waals surface area contributed by atoms with Crippen molar-refractivity contribution in [3.8, 4) is 0 Å². The van der Waals surface area contributed by atoms with Crippen molar-refractivity contribution in [1.82, 2.24) is 5.32 Å². The lowest BCUT2D eigenvalue weighted by atomic mass is 9.81. The zero-order valence-electron chi connectivity index (χ0n) is 12.6. The third kappa shape index (κ3) is 3.40. The Morgan fingerprint density at radius 3 is 2.45 bits per heavy atom. The van der Waals surface area contributed by atoms with Crippen molar-refractivity contribution in [1.29, 1.82) is 0 Å². The predicted octanol–water partition coefficient (Wildman–Crippen LogP) is 4.59. The van der Waals surface area contributed by atoms with E-state index in [-0.39, 0.29) is 0 Å². The summed E-state index contributed by atoms with van der Waals surface area (Å²) in [4.78, 5) is 0. The summed E-state index contributed by atoms with van der Waals surface area (Å²) in [6.07, 6.45) is 9.85. The molecule has 0 aromatic heterocycles. The van der Waals surface area contributed by atoms with E-state index in [9.17, 15) is 0 Å². The van der Waals surface area contributed by atoms with Crippen molar-refractivity contribution >= 4 is 11.8 Å². The van der Waals surface area contributed by atoms with E-state index >= 15 is 0 Å². The topological polar surface area (TPSA) is 12.0 Å². The molecule has 1 aromatic carbocycles. The van der Waals surface area contributed by atoms with Crippen molar-refractivity contribution in [2.45, 2.75) is 67.4 Å². The molecule has 0 heterocycles. The van der Waals surface area contributed by atoms with Gasteiger partial charge in [0.25, 0.3) is 0 Å². The third-order valence-corrected chi connectivity index (χ3v) is 6.83. The van der Waals surface area contributed by atoms with Crippen molar-refractivity contribution in [3.63, 3.8) is 0 Å². The highest BCUT2D eigenvalue weighted by Gasteiger charge is 2.33. The van der Waals surface area contributed by atoms with Crippen LogP contribution in [0, 0.1) is 0 Å². The predicted molar refractivity (Wildman–Crippen MR) is 89.5 cm³/mol. The largest absolute Gasteiger partial charge is 0.316 e. The molecule has 2 aliphatic carbocycles. The highest BCUT2D eigenvalue weighted by molar-refractivity contribution is 8.00. The van der Waals surface area contributed by atoms with Gasteiger partial charge in [0.2, 0.25) is 0 Å². The van der Waals surface area contributed by atoms with E-state index < -0.39 is 0 Å². The lowest BCUT2D eigenvalue weighted by molar-refractivity contribution is 0.368.